The number of amides is 1. The Morgan fingerprint density at radius 1 is 1.33 bits per heavy atom. The van der Waals surface area contributed by atoms with Gasteiger partial charge in [-0.05, 0) is 36.0 Å². The normalized spacial score (nSPS) is 24.0. The van der Waals surface area contributed by atoms with E-state index in [9.17, 15) is 4.79 Å². The highest BCUT2D eigenvalue weighted by Gasteiger charge is 2.25. The number of piperidine rings is 1. The summed E-state index contributed by atoms with van der Waals surface area (Å²) < 4.78 is 0. The van der Waals surface area contributed by atoms with Crippen LogP contribution >= 0.6 is 0 Å². The molecule has 2 rings (SSSR count). The van der Waals surface area contributed by atoms with Crippen molar-refractivity contribution in [1.29, 1.82) is 0 Å². The molecule has 2 N–H and O–H groups in total. The highest BCUT2D eigenvalue weighted by molar-refractivity contribution is 5.79. The maximum Gasteiger partial charge on any atom is 0.227 e. The quantitative estimate of drug-likeness (QED) is 0.814. The topological polar surface area (TPSA) is 46.3 Å². The molecule has 1 fully saturated rings. The summed E-state index contributed by atoms with van der Waals surface area (Å²) in [5.41, 5.74) is 7.46. The molecule has 3 heteroatoms. The SMILES string of the molecule is C[C@@H]1C[C@@H](C)CN(C(=O)Cc2cccc(N)c2)C1. The number of hydrogen-bond donors (Lipinski definition) is 1. The molecule has 0 unspecified atom stereocenters. The Balaban J connectivity index is 1.99. The molecule has 2 atom stereocenters. The van der Waals surface area contributed by atoms with Gasteiger partial charge in [0.25, 0.3) is 0 Å². The maximum absolute atomic E-state index is 12.3. The second-order valence-corrected chi connectivity index (χ2v) is 5.67. The molecule has 3 nitrogen and oxygen atoms in total. The van der Waals surface area contributed by atoms with Gasteiger partial charge in [0.15, 0.2) is 0 Å². The second-order valence-electron chi connectivity index (χ2n) is 5.67. The van der Waals surface area contributed by atoms with Crippen LogP contribution in [-0.2, 0) is 11.2 Å². The molecule has 1 aromatic rings. The fourth-order valence-electron chi connectivity index (χ4n) is 2.86. The van der Waals surface area contributed by atoms with Crippen LogP contribution in [0.4, 0.5) is 5.69 Å². The van der Waals surface area contributed by atoms with Crippen molar-refractivity contribution in [3.63, 3.8) is 0 Å². The fourth-order valence-corrected chi connectivity index (χ4v) is 2.86. The van der Waals surface area contributed by atoms with Gasteiger partial charge in [0.05, 0.1) is 6.42 Å². The van der Waals surface area contributed by atoms with Crippen molar-refractivity contribution in [2.45, 2.75) is 26.7 Å². The number of likely N-dealkylation sites (tertiary alicyclic amines) is 1. The number of nitrogen functional groups attached to an aromatic ring is 1. The van der Waals surface area contributed by atoms with E-state index in [0.717, 1.165) is 24.3 Å². The summed E-state index contributed by atoms with van der Waals surface area (Å²) in [6.45, 7) is 6.23. The van der Waals surface area contributed by atoms with E-state index in [2.05, 4.69) is 13.8 Å². The highest BCUT2D eigenvalue weighted by Crippen LogP contribution is 2.21. The Morgan fingerprint density at radius 2 is 2.00 bits per heavy atom. The third kappa shape index (κ3) is 3.25. The molecule has 1 aromatic carbocycles. The minimum Gasteiger partial charge on any atom is -0.399 e. The Labute approximate surface area is 109 Å². The maximum atomic E-state index is 12.3. The van der Waals surface area contributed by atoms with E-state index in [-0.39, 0.29) is 5.91 Å². The molecule has 0 spiro atoms. The third-order valence-electron chi connectivity index (χ3n) is 3.53. The zero-order valence-corrected chi connectivity index (χ0v) is 11.2. The number of carbonyl (C=O) groups is 1. The summed E-state index contributed by atoms with van der Waals surface area (Å²) in [5, 5.41) is 0. The molecule has 1 saturated heterocycles. The lowest BCUT2D eigenvalue weighted by Crippen LogP contribution is -2.43. The fraction of sp³-hybridized carbons (Fsp3) is 0.533. The van der Waals surface area contributed by atoms with E-state index in [4.69, 9.17) is 5.73 Å². The standard InChI is InChI=1S/C15H22N2O/c1-11-6-12(2)10-17(9-11)15(18)8-13-4-3-5-14(16)7-13/h3-5,7,11-12H,6,8-10,16H2,1-2H3/t11-,12-/m1/s1. The molecule has 1 heterocycles. The number of rotatable bonds is 2. The lowest BCUT2D eigenvalue weighted by Gasteiger charge is -2.35. The first kappa shape index (κ1) is 12.9. The van der Waals surface area contributed by atoms with Gasteiger partial charge in [0, 0.05) is 18.8 Å². The van der Waals surface area contributed by atoms with Crippen LogP contribution in [-0.4, -0.2) is 23.9 Å². The molecule has 0 bridgehead atoms. The van der Waals surface area contributed by atoms with Gasteiger partial charge in [-0.2, -0.15) is 0 Å². The predicted molar refractivity (Wildman–Crippen MR) is 74.1 cm³/mol. The molecule has 0 aliphatic carbocycles. The minimum atomic E-state index is 0.221. The molecule has 0 radical (unpaired) electrons. The largest absolute Gasteiger partial charge is 0.399 e. The van der Waals surface area contributed by atoms with Crippen molar-refractivity contribution in [2.24, 2.45) is 11.8 Å². The van der Waals surface area contributed by atoms with Gasteiger partial charge in [-0.3, -0.25) is 4.79 Å². The van der Waals surface area contributed by atoms with Crippen molar-refractivity contribution < 1.29 is 4.79 Å². The molecule has 1 amide bonds. The van der Waals surface area contributed by atoms with Gasteiger partial charge in [-0.1, -0.05) is 26.0 Å². The first-order chi connectivity index (χ1) is 8.54. The molecule has 1 aliphatic heterocycles. The molecular formula is C15H22N2O. The van der Waals surface area contributed by atoms with Crippen molar-refractivity contribution in [1.82, 2.24) is 4.90 Å². The summed E-state index contributed by atoms with van der Waals surface area (Å²) in [4.78, 5) is 14.3. The Hall–Kier alpha value is -1.51. The van der Waals surface area contributed by atoms with Crippen molar-refractivity contribution in [3.05, 3.63) is 29.8 Å². The van der Waals surface area contributed by atoms with Crippen LogP contribution in [0, 0.1) is 11.8 Å². The summed E-state index contributed by atoms with van der Waals surface area (Å²) in [6.07, 6.45) is 1.69. The first-order valence-corrected chi connectivity index (χ1v) is 6.67. The lowest BCUT2D eigenvalue weighted by molar-refractivity contribution is -0.133. The Morgan fingerprint density at radius 3 is 2.61 bits per heavy atom. The van der Waals surface area contributed by atoms with Crippen molar-refractivity contribution >= 4 is 11.6 Å². The van der Waals surface area contributed by atoms with Gasteiger partial charge >= 0.3 is 0 Å². The summed E-state index contributed by atoms with van der Waals surface area (Å²) >= 11 is 0. The summed E-state index contributed by atoms with van der Waals surface area (Å²) in [7, 11) is 0. The molecular weight excluding hydrogens is 224 g/mol. The van der Waals surface area contributed by atoms with E-state index in [0.29, 0.717) is 18.3 Å². The van der Waals surface area contributed by atoms with Gasteiger partial charge < -0.3 is 10.6 Å². The van der Waals surface area contributed by atoms with Gasteiger partial charge in [0.1, 0.15) is 0 Å². The predicted octanol–water partition coefficient (Wildman–Crippen LogP) is 2.32. The number of nitrogens with zero attached hydrogens (tertiary/aromatic N) is 1. The van der Waals surface area contributed by atoms with Gasteiger partial charge in [-0.25, -0.2) is 0 Å². The van der Waals surface area contributed by atoms with Crippen molar-refractivity contribution in [2.75, 3.05) is 18.8 Å². The van der Waals surface area contributed by atoms with E-state index in [1.165, 1.54) is 6.42 Å². The minimum absolute atomic E-state index is 0.221. The number of hydrogen-bond acceptors (Lipinski definition) is 2. The van der Waals surface area contributed by atoms with E-state index in [1.54, 1.807) is 0 Å². The van der Waals surface area contributed by atoms with Gasteiger partial charge in [-0.15, -0.1) is 0 Å². The first-order valence-electron chi connectivity index (χ1n) is 6.67. The van der Waals surface area contributed by atoms with Crippen molar-refractivity contribution in [3.8, 4) is 0 Å². The van der Waals surface area contributed by atoms with Crippen LogP contribution in [0.3, 0.4) is 0 Å². The van der Waals surface area contributed by atoms with Crippen LogP contribution < -0.4 is 5.73 Å². The van der Waals surface area contributed by atoms with E-state index >= 15 is 0 Å². The van der Waals surface area contributed by atoms with Crippen LogP contribution in [0.2, 0.25) is 0 Å². The van der Waals surface area contributed by atoms with E-state index < -0.39 is 0 Å². The van der Waals surface area contributed by atoms with E-state index in [1.807, 2.05) is 29.2 Å². The van der Waals surface area contributed by atoms with Crippen LogP contribution in [0.1, 0.15) is 25.8 Å². The third-order valence-corrected chi connectivity index (χ3v) is 3.53. The molecule has 0 aromatic heterocycles. The zero-order chi connectivity index (χ0) is 13.1. The molecule has 0 saturated carbocycles. The average molecular weight is 246 g/mol. The number of benzene rings is 1. The lowest BCUT2D eigenvalue weighted by atomic mass is 9.91. The van der Waals surface area contributed by atoms with Crippen LogP contribution in [0.5, 0.6) is 0 Å². The Bertz CT molecular complexity index is 420. The summed E-state index contributed by atoms with van der Waals surface area (Å²) in [6, 6.07) is 7.60. The molecule has 98 valence electrons. The Kier molecular flexibility index (Phi) is 3.90. The van der Waals surface area contributed by atoms with Crippen LogP contribution in [0.25, 0.3) is 0 Å². The second kappa shape index (κ2) is 5.42. The zero-order valence-electron chi connectivity index (χ0n) is 11.2. The number of carbonyl (C=O) groups excluding carboxylic acids is 1. The monoisotopic (exact) mass is 246 g/mol. The van der Waals surface area contributed by atoms with Gasteiger partial charge in [0.2, 0.25) is 5.91 Å². The summed E-state index contributed by atoms with van der Waals surface area (Å²) in [5.74, 6) is 1.44. The smallest absolute Gasteiger partial charge is 0.227 e. The number of nitrogens with two attached hydrogens (primary N) is 1. The molecule has 1 aliphatic rings. The number of anilines is 1. The van der Waals surface area contributed by atoms with Crippen LogP contribution in [0.15, 0.2) is 24.3 Å². The average Bonchev–Trinajstić information content (AvgIpc) is 2.27. The molecule has 18 heavy (non-hydrogen) atoms. The highest BCUT2D eigenvalue weighted by atomic mass is 16.2.